The standard InChI is InChI=1S/C10H10BrN3O3/c1-7(15)16-2-3-17-9-4-8(11)5-14-10(9)12-6-13-14/h4-6H,2-3H2,1H3. The third-order valence-electron chi connectivity index (χ3n) is 1.95. The monoisotopic (exact) mass is 299 g/mol. The van der Waals surface area contributed by atoms with E-state index in [1.54, 1.807) is 16.8 Å². The molecule has 0 aliphatic rings. The summed E-state index contributed by atoms with van der Waals surface area (Å²) in [4.78, 5) is 14.6. The lowest BCUT2D eigenvalue weighted by Gasteiger charge is -2.07. The zero-order valence-corrected chi connectivity index (χ0v) is 10.7. The Hall–Kier alpha value is -1.63. The van der Waals surface area contributed by atoms with Gasteiger partial charge in [-0.05, 0) is 22.0 Å². The van der Waals surface area contributed by atoms with E-state index in [9.17, 15) is 4.79 Å². The minimum Gasteiger partial charge on any atom is -0.486 e. The van der Waals surface area contributed by atoms with E-state index in [0.717, 1.165) is 4.47 Å². The Morgan fingerprint density at radius 2 is 2.35 bits per heavy atom. The largest absolute Gasteiger partial charge is 0.486 e. The summed E-state index contributed by atoms with van der Waals surface area (Å²) in [5.41, 5.74) is 0.621. The molecule has 0 fully saturated rings. The van der Waals surface area contributed by atoms with Crippen LogP contribution in [0.5, 0.6) is 5.75 Å². The van der Waals surface area contributed by atoms with Crippen LogP contribution in [0.15, 0.2) is 23.1 Å². The number of rotatable bonds is 4. The minimum atomic E-state index is -0.324. The first-order valence-corrected chi connectivity index (χ1v) is 5.71. The normalized spacial score (nSPS) is 10.5. The highest BCUT2D eigenvalue weighted by atomic mass is 79.9. The maximum Gasteiger partial charge on any atom is 0.302 e. The van der Waals surface area contributed by atoms with Gasteiger partial charge in [-0.3, -0.25) is 4.79 Å². The van der Waals surface area contributed by atoms with Crippen molar-refractivity contribution >= 4 is 27.5 Å². The van der Waals surface area contributed by atoms with Crippen molar-refractivity contribution in [3.63, 3.8) is 0 Å². The topological polar surface area (TPSA) is 65.7 Å². The molecule has 2 heterocycles. The molecule has 0 aliphatic carbocycles. The molecule has 90 valence electrons. The van der Waals surface area contributed by atoms with Crippen molar-refractivity contribution in [1.82, 2.24) is 14.6 Å². The summed E-state index contributed by atoms with van der Waals surface area (Å²) in [6.45, 7) is 1.84. The highest BCUT2D eigenvalue weighted by molar-refractivity contribution is 9.10. The smallest absolute Gasteiger partial charge is 0.302 e. The molecule has 0 unspecified atom stereocenters. The van der Waals surface area contributed by atoms with Crippen LogP contribution in [-0.4, -0.2) is 33.8 Å². The van der Waals surface area contributed by atoms with Gasteiger partial charge in [0.05, 0.1) is 0 Å². The molecule has 0 aliphatic heterocycles. The molecule has 0 bridgehead atoms. The number of pyridine rings is 1. The van der Waals surface area contributed by atoms with Gasteiger partial charge in [0.15, 0.2) is 11.4 Å². The zero-order valence-electron chi connectivity index (χ0n) is 9.09. The summed E-state index contributed by atoms with van der Waals surface area (Å²) in [6.07, 6.45) is 3.22. The number of halogens is 1. The van der Waals surface area contributed by atoms with E-state index in [1.807, 2.05) is 0 Å². The fourth-order valence-electron chi connectivity index (χ4n) is 1.31. The van der Waals surface area contributed by atoms with Gasteiger partial charge >= 0.3 is 5.97 Å². The minimum absolute atomic E-state index is 0.210. The van der Waals surface area contributed by atoms with E-state index in [2.05, 4.69) is 26.0 Å². The second kappa shape index (κ2) is 5.13. The number of carbonyl (C=O) groups excluding carboxylic acids is 1. The number of carbonyl (C=O) groups is 1. The van der Waals surface area contributed by atoms with Crippen LogP contribution in [-0.2, 0) is 9.53 Å². The van der Waals surface area contributed by atoms with Crippen molar-refractivity contribution in [3.05, 3.63) is 23.1 Å². The quantitative estimate of drug-likeness (QED) is 0.631. The Bertz CT molecular complexity index is 541. The van der Waals surface area contributed by atoms with E-state index < -0.39 is 0 Å². The summed E-state index contributed by atoms with van der Waals surface area (Å²) in [7, 11) is 0. The molecule has 0 radical (unpaired) electrons. The van der Waals surface area contributed by atoms with Crippen LogP contribution < -0.4 is 4.74 Å². The van der Waals surface area contributed by atoms with E-state index >= 15 is 0 Å². The summed E-state index contributed by atoms with van der Waals surface area (Å²) in [5, 5.41) is 4.01. The molecule has 17 heavy (non-hydrogen) atoms. The van der Waals surface area contributed by atoms with Gasteiger partial charge in [0.25, 0.3) is 0 Å². The van der Waals surface area contributed by atoms with Crippen LogP contribution in [0.25, 0.3) is 5.65 Å². The van der Waals surface area contributed by atoms with Gasteiger partial charge in [-0.15, -0.1) is 0 Å². The number of hydrogen-bond donors (Lipinski definition) is 0. The van der Waals surface area contributed by atoms with Crippen molar-refractivity contribution in [1.29, 1.82) is 0 Å². The van der Waals surface area contributed by atoms with Gasteiger partial charge in [-0.25, -0.2) is 9.50 Å². The molecule has 6 nitrogen and oxygen atoms in total. The molecular weight excluding hydrogens is 290 g/mol. The van der Waals surface area contributed by atoms with Crippen LogP contribution >= 0.6 is 15.9 Å². The molecule has 0 atom stereocenters. The van der Waals surface area contributed by atoms with Crippen molar-refractivity contribution in [2.45, 2.75) is 6.92 Å². The fraction of sp³-hybridized carbons (Fsp3) is 0.300. The van der Waals surface area contributed by atoms with Crippen molar-refractivity contribution in [2.24, 2.45) is 0 Å². The summed E-state index contributed by atoms with van der Waals surface area (Å²) < 4.78 is 12.7. The van der Waals surface area contributed by atoms with Crippen molar-refractivity contribution < 1.29 is 14.3 Å². The number of fused-ring (bicyclic) bond motifs is 1. The van der Waals surface area contributed by atoms with E-state index in [4.69, 9.17) is 9.47 Å². The number of ether oxygens (including phenoxy) is 2. The Labute approximate surface area is 106 Å². The third kappa shape index (κ3) is 2.94. The average Bonchev–Trinajstić information content (AvgIpc) is 2.71. The molecule has 0 amide bonds. The molecular formula is C10H10BrN3O3. The highest BCUT2D eigenvalue weighted by Gasteiger charge is 2.06. The molecule has 2 rings (SSSR count). The first-order valence-electron chi connectivity index (χ1n) is 4.92. The fourth-order valence-corrected chi connectivity index (χ4v) is 1.71. The Morgan fingerprint density at radius 1 is 1.53 bits per heavy atom. The van der Waals surface area contributed by atoms with Gasteiger partial charge in [-0.2, -0.15) is 5.10 Å². The van der Waals surface area contributed by atoms with Gasteiger partial charge in [0, 0.05) is 17.6 Å². The van der Waals surface area contributed by atoms with Crippen molar-refractivity contribution in [3.8, 4) is 5.75 Å². The second-order valence-corrected chi connectivity index (χ2v) is 4.15. The molecule has 2 aromatic rings. The maximum absolute atomic E-state index is 10.6. The van der Waals surface area contributed by atoms with Gasteiger partial charge in [0.1, 0.15) is 19.5 Å². The predicted octanol–water partition coefficient (Wildman–Crippen LogP) is 1.43. The molecule has 0 saturated carbocycles. The number of nitrogens with zero attached hydrogens (tertiary/aromatic N) is 3. The van der Waals surface area contributed by atoms with Gasteiger partial charge < -0.3 is 9.47 Å². The summed E-state index contributed by atoms with van der Waals surface area (Å²) in [6, 6.07) is 1.79. The molecule has 0 N–H and O–H groups in total. The predicted molar refractivity (Wildman–Crippen MR) is 62.8 cm³/mol. The zero-order chi connectivity index (χ0) is 12.3. The highest BCUT2D eigenvalue weighted by Crippen LogP contribution is 2.22. The summed E-state index contributed by atoms with van der Waals surface area (Å²) >= 11 is 3.35. The Kier molecular flexibility index (Phi) is 3.58. The number of hydrogen-bond acceptors (Lipinski definition) is 5. The molecule has 0 saturated heterocycles. The molecule has 7 heteroatoms. The van der Waals surface area contributed by atoms with Crippen LogP contribution in [0.3, 0.4) is 0 Å². The van der Waals surface area contributed by atoms with Gasteiger partial charge in [-0.1, -0.05) is 0 Å². The summed E-state index contributed by atoms with van der Waals surface area (Å²) in [5.74, 6) is 0.263. The van der Waals surface area contributed by atoms with Crippen LogP contribution in [0.2, 0.25) is 0 Å². The lowest BCUT2D eigenvalue weighted by Crippen LogP contribution is -2.10. The molecule has 0 aromatic carbocycles. The Balaban J connectivity index is 2.07. The number of aromatic nitrogens is 3. The van der Waals surface area contributed by atoms with Crippen LogP contribution in [0.1, 0.15) is 6.92 Å². The van der Waals surface area contributed by atoms with E-state index in [1.165, 1.54) is 13.3 Å². The first-order chi connectivity index (χ1) is 8.16. The second-order valence-electron chi connectivity index (χ2n) is 3.24. The van der Waals surface area contributed by atoms with E-state index in [0.29, 0.717) is 11.4 Å². The average molecular weight is 300 g/mol. The van der Waals surface area contributed by atoms with E-state index in [-0.39, 0.29) is 19.2 Å². The first kappa shape index (κ1) is 11.8. The third-order valence-corrected chi connectivity index (χ3v) is 2.39. The number of esters is 1. The SMILES string of the molecule is CC(=O)OCCOc1cc(Br)cn2ncnc12. The molecule has 2 aromatic heterocycles. The van der Waals surface area contributed by atoms with Crippen LogP contribution in [0, 0.1) is 0 Å². The lowest BCUT2D eigenvalue weighted by atomic mass is 10.4. The Morgan fingerprint density at radius 3 is 3.12 bits per heavy atom. The lowest BCUT2D eigenvalue weighted by molar-refractivity contribution is -0.141. The maximum atomic E-state index is 10.6. The van der Waals surface area contributed by atoms with Crippen molar-refractivity contribution in [2.75, 3.05) is 13.2 Å². The van der Waals surface area contributed by atoms with Gasteiger partial charge in [0.2, 0.25) is 0 Å². The molecule has 0 spiro atoms. The van der Waals surface area contributed by atoms with Crippen LogP contribution in [0.4, 0.5) is 0 Å².